The summed E-state index contributed by atoms with van der Waals surface area (Å²) in [5, 5.41) is 0. The van der Waals surface area contributed by atoms with Crippen LogP contribution in [0.5, 0.6) is 0 Å². The Balaban J connectivity index is 0.000000271. The Morgan fingerprint density at radius 3 is 1.52 bits per heavy atom. The maximum atomic E-state index is 13.8. The topological polar surface area (TPSA) is 0 Å². The lowest BCUT2D eigenvalue weighted by atomic mass is 9.94. The van der Waals surface area contributed by atoms with Crippen LogP contribution >= 0.6 is 0 Å². The summed E-state index contributed by atoms with van der Waals surface area (Å²) in [5.41, 5.74) is 2.84. The van der Waals surface area contributed by atoms with E-state index in [-0.39, 0.29) is 35.0 Å². The van der Waals surface area contributed by atoms with Gasteiger partial charge in [-0.25, -0.2) is 13.2 Å². The van der Waals surface area contributed by atoms with Crippen molar-refractivity contribution in [2.24, 2.45) is 0 Å². The second-order valence-electron chi connectivity index (χ2n) is 8.26. The predicted octanol–water partition coefficient (Wildman–Crippen LogP) is 8.28. The highest BCUT2D eigenvalue weighted by Crippen LogP contribution is 2.28. The van der Waals surface area contributed by atoms with Crippen LogP contribution in [0.15, 0.2) is 30.3 Å². The van der Waals surface area contributed by atoms with Crippen LogP contribution < -0.4 is 0 Å². The van der Waals surface area contributed by atoms with Gasteiger partial charge in [-0.2, -0.15) is 0 Å². The number of hydrogen-bond donors (Lipinski definition) is 0. The highest BCUT2D eigenvalue weighted by molar-refractivity contribution is 5.31. The van der Waals surface area contributed by atoms with Crippen LogP contribution in [0.3, 0.4) is 0 Å². The number of halogens is 3. The molecule has 3 heteroatoms. The van der Waals surface area contributed by atoms with Crippen LogP contribution in [0.4, 0.5) is 13.2 Å². The molecule has 0 heterocycles. The number of benzene rings is 2. The molecule has 0 atom stereocenters. The van der Waals surface area contributed by atoms with Crippen LogP contribution in [0.2, 0.25) is 0 Å². The number of rotatable bonds is 4. The zero-order valence-electron chi connectivity index (χ0n) is 17.8. The van der Waals surface area contributed by atoms with Crippen LogP contribution in [0.25, 0.3) is 0 Å². The normalized spacial score (nSPS) is 11.4. The summed E-state index contributed by atoms with van der Waals surface area (Å²) in [6.45, 7) is 15.7. The maximum Gasteiger partial charge on any atom is 0.133 e. The van der Waals surface area contributed by atoms with E-state index in [1.807, 2.05) is 39.8 Å². The van der Waals surface area contributed by atoms with Crippen molar-refractivity contribution in [3.05, 3.63) is 70.0 Å². The molecule has 0 radical (unpaired) electrons. The molecule has 0 aliphatic heterocycles. The zero-order chi connectivity index (χ0) is 20.9. The molecule has 0 unspecified atom stereocenters. The van der Waals surface area contributed by atoms with E-state index in [0.29, 0.717) is 11.5 Å². The molecule has 2 aromatic carbocycles. The molecule has 0 saturated heterocycles. The molecule has 0 aromatic heterocycles. The third-order valence-corrected chi connectivity index (χ3v) is 4.66. The van der Waals surface area contributed by atoms with Gasteiger partial charge in [0.2, 0.25) is 0 Å². The Labute approximate surface area is 162 Å². The second kappa shape index (κ2) is 9.96. The Hall–Kier alpha value is -1.77. The maximum absolute atomic E-state index is 13.8. The van der Waals surface area contributed by atoms with E-state index < -0.39 is 5.82 Å². The lowest BCUT2D eigenvalue weighted by Crippen LogP contribution is -2.03. The summed E-state index contributed by atoms with van der Waals surface area (Å²) in [5.74, 6) is -0.199. The molecule has 2 aromatic rings. The monoisotopic (exact) mass is 378 g/mol. The first kappa shape index (κ1) is 23.3. The molecular weight excluding hydrogens is 345 g/mol. The molecule has 0 aliphatic rings. The van der Waals surface area contributed by atoms with E-state index in [1.165, 1.54) is 17.7 Å². The van der Waals surface area contributed by atoms with Gasteiger partial charge in [-0.1, -0.05) is 73.6 Å². The standard InChI is InChI=1S/C12H16F2.C12H17F/c1-7(2)9-5-6-10(13)11(8(3)4)12(9)14;1-8(2)10-5-6-12(13)11(7-10)9(3)4/h5-8H,1-4H3;5-9H,1-4H3. The molecular formula is C24H33F3. The molecule has 0 saturated carbocycles. The summed E-state index contributed by atoms with van der Waals surface area (Å²) in [7, 11) is 0. The fourth-order valence-electron chi connectivity index (χ4n) is 2.93. The Bertz CT molecular complexity index is 744. The molecule has 0 fully saturated rings. The highest BCUT2D eigenvalue weighted by atomic mass is 19.1. The van der Waals surface area contributed by atoms with Gasteiger partial charge >= 0.3 is 0 Å². The molecule has 2 rings (SSSR count). The minimum atomic E-state index is -0.443. The first-order chi connectivity index (χ1) is 12.5. The summed E-state index contributed by atoms with van der Waals surface area (Å²) in [6.07, 6.45) is 0. The molecule has 0 amide bonds. The third-order valence-electron chi connectivity index (χ3n) is 4.66. The summed E-state index contributed by atoms with van der Waals surface area (Å²) < 4.78 is 40.4. The minimum absolute atomic E-state index is 0.0839. The summed E-state index contributed by atoms with van der Waals surface area (Å²) in [6, 6.07) is 8.30. The quantitative estimate of drug-likeness (QED) is 0.502. The third kappa shape index (κ3) is 6.12. The first-order valence-electron chi connectivity index (χ1n) is 9.74. The second-order valence-corrected chi connectivity index (χ2v) is 8.26. The van der Waals surface area contributed by atoms with Gasteiger partial charge in [0.1, 0.15) is 17.5 Å². The Morgan fingerprint density at radius 1 is 0.556 bits per heavy atom. The average Bonchev–Trinajstić information content (AvgIpc) is 2.54. The van der Waals surface area contributed by atoms with Crippen LogP contribution in [-0.2, 0) is 0 Å². The van der Waals surface area contributed by atoms with Crippen molar-refractivity contribution in [3.8, 4) is 0 Å². The van der Waals surface area contributed by atoms with Gasteiger partial charge in [-0.15, -0.1) is 0 Å². The molecule has 27 heavy (non-hydrogen) atoms. The van der Waals surface area contributed by atoms with Gasteiger partial charge < -0.3 is 0 Å². The zero-order valence-corrected chi connectivity index (χ0v) is 17.8. The van der Waals surface area contributed by atoms with E-state index in [0.717, 1.165) is 5.56 Å². The van der Waals surface area contributed by atoms with Crippen molar-refractivity contribution in [2.75, 3.05) is 0 Å². The lowest BCUT2D eigenvalue weighted by Gasteiger charge is -2.14. The van der Waals surface area contributed by atoms with Crippen molar-refractivity contribution in [1.29, 1.82) is 0 Å². The van der Waals surface area contributed by atoms with E-state index in [9.17, 15) is 13.2 Å². The molecule has 0 aliphatic carbocycles. The number of hydrogen-bond acceptors (Lipinski definition) is 0. The van der Waals surface area contributed by atoms with Gasteiger partial charge in [0.15, 0.2) is 0 Å². The first-order valence-corrected chi connectivity index (χ1v) is 9.74. The molecule has 0 nitrogen and oxygen atoms in total. The van der Waals surface area contributed by atoms with Gasteiger partial charge in [0.05, 0.1) is 0 Å². The van der Waals surface area contributed by atoms with E-state index >= 15 is 0 Å². The fourth-order valence-corrected chi connectivity index (χ4v) is 2.93. The Morgan fingerprint density at radius 2 is 1.07 bits per heavy atom. The van der Waals surface area contributed by atoms with Gasteiger partial charge in [0, 0.05) is 5.56 Å². The largest absolute Gasteiger partial charge is 0.207 e. The minimum Gasteiger partial charge on any atom is -0.207 e. The van der Waals surface area contributed by atoms with Crippen LogP contribution in [0, 0.1) is 17.5 Å². The summed E-state index contributed by atoms with van der Waals surface area (Å²) in [4.78, 5) is 0. The van der Waals surface area contributed by atoms with Crippen molar-refractivity contribution in [3.63, 3.8) is 0 Å². The Kier molecular flexibility index (Phi) is 8.59. The van der Waals surface area contributed by atoms with Gasteiger partial charge in [-0.3, -0.25) is 0 Å². The van der Waals surface area contributed by atoms with Crippen molar-refractivity contribution in [2.45, 2.75) is 79.1 Å². The predicted molar refractivity (Wildman–Crippen MR) is 109 cm³/mol. The summed E-state index contributed by atoms with van der Waals surface area (Å²) >= 11 is 0. The van der Waals surface area contributed by atoms with Gasteiger partial charge in [-0.05, 0) is 52.5 Å². The fraction of sp³-hybridized carbons (Fsp3) is 0.500. The van der Waals surface area contributed by atoms with Gasteiger partial charge in [0.25, 0.3) is 0 Å². The SMILES string of the molecule is CC(C)c1ccc(F)c(C(C)C)c1.CC(C)c1ccc(F)c(C(C)C)c1F. The van der Waals surface area contributed by atoms with E-state index in [2.05, 4.69) is 13.8 Å². The van der Waals surface area contributed by atoms with Crippen LogP contribution in [0.1, 0.15) is 101 Å². The highest BCUT2D eigenvalue weighted by Gasteiger charge is 2.17. The molecule has 150 valence electrons. The molecule has 0 spiro atoms. The van der Waals surface area contributed by atoms with Crippen molar-refractivity contribution < 1.29 is 13.2 Å². The average molecular weight is 379 g/mol. The van der Waals surface area contributed by atoms with Crippen molar-refractivity contribution >= 4 is 0 Å². The van der Waals surface area contributed by atoms with Crippen molar-refractivity contribution in [1.82, 2.24) is 0 Å². The van der Waals surface area contributed by atoms with E-state index in [4.69, 9.17) is 0 Å². The van der Waals surface area contributed by atoms with Crippen LogP contribution in [-0.4, -0.2) is 0 Å². The molecule has 0 N–H and O–H groups in total. The smallest absolute Gasteiger partial charge is 0.133 e. The lowest BCUT2D eigenvalue weighted by molar-refractivity contribution is 0.527. The van der Waals surface area contributed by atoms with E-state index in [1.54, 1.807) is 19.9 Å². The molecule has 0 bridgehead atoms.